The van der Waals surface area contributed by atoms with Crippen LogP contribution in [0.4, 0.5) is 5.69 Å². The van der Waals surface area contributed by atoms with Gasteiger partial charge in [0.25, 0.3) is 0 Å². The molecule has 3 nitrogen and oxygen atoms in total. The van der Waals surface area contributed by atoms with E-state index in [2.05, 4.69) is 19.2 Å². The van der Waals surface area contributed by atoms with Crippen LogP contribution in [-0.4, -0.2) is 12.5 Å². The van der Waals surface area contributed by atoms with Gasteiger partial charge in [0, 0.05) is 10.7 Å². The van der Waals surface area contributed by atoms with Gasteiger partial charge in [0.2, 0.25) is 5.91 Å². The van der Waals surface area contributed by atoms with E-state index in [9.17, 15) is 4.79 Å². The SMILES string of the molecule is Cc1cc(NC(=O)C2(c3ccccc3Cl)CCCC2)ccc1OCC(C)C. The van der Waals surface area contributed by atoms with Crippen molar-refractivity contribution in [3.8, 4) is 5.75 Å². The number of hydrogen-bond acceptors (Lipinski definition) is 2. The summed E-state index contributed by atoms with van der Waals surface area (Å²) >= 11 is 6.45. The van der Waals surface area contributed by atoms with Gasteiger partial charge in [-0.2, -0.15) is 0 Å². The molecular formula is C23H28ClNO2. The van der Waals surface area contributed by atoms with Crippen molar-refractivity contribution in [3.63, 3.8) is 0 Å². The Kier molecular flexibility index (Phi) is 6.11. The summed E-state index contributed by atoms with van der Waals surface area (Å²) in [5, 5.41) is 3.80. The van der Waals surface area contributed by atoms with Crippen LogP contribution in [0.15, 0.2) is 42.5 Å². The molecule has 0 unspecified atom stereocenters. The average molecular weight is 386 g/mol. The monoisotopic (exact) mass is 385 g/mol. The Labute approximate surface area is 167 Å². The molecular weight excluding hydrogens is 358 g/mol. The van der Waals surface area contributed by atoms with Crippen molar-refractivity contribution in [3.05, 3.63) is 58.6 Å². The Bertz CT molecular complexity index is 810. The number of benzene rings is 2. The molecule has 1 aliphatic carbocycles. The maximum absolute atomic E-state index is 13.3. The molecule has 0 saturated heterocycles. The van der Waals surface area contributed by atoms with E-state index in [1.54, 1.807) is 0 Å². The third-order valence-electron chi connectivity index (χ3n) is 5.29. The number of anilines is 1. The van der Waals surface area contributed by atoms with Crippen molar-refractivity contribution in [1.82, 2.24) is 0 Å². The number of rotatable bonds is 6. The maximum Gasteiger partial charge on any atom is 0.235 e. The lowest BCUT2D eigenvalue weighted by atomic mass is 9.78. The van der Waals surface area contributed by atoms with Crippen molar-refractivity contribution in [1.29, 1.82) is 0 Å². The highest BCUT2D eigenvalue weighted by molar-refractivity contribution is 6.31. The third kappa shape index (κ3) is 4.30. The van der Waals surface area contributed by atoms with Gasteiger partial charge in [-0.15, -0.1) is 0 Å². The lowest BCUT2D eigenvalue weighted by Gasteiger charge is -2.29. The Morgan fingerprint density at radius 1 is 1.19 bits per heavy atom. The van der Waals surface area contributed by atoms with Gasteiger partial charge in [0.05, 0.1) is 12.0 Å². The van der Waals surface area contributed by atoms with Gasteiger partial charge >= 0.3 is 0 Å². The normalized spacial score (nSPS) is 15.7. The van der Waals surface area contributed by atoms with Crippen molar-refractivity contribution in [2.24, 2.45) is 5.92 Å². The van der Waals surface area contributed by atoms with E-state index in [4.69, 9.17) is 16.3 Å². The molecule has 1 amide bonds. The molecule has 0 spiro atoms. The van der Waals surface area contributed by atoms with Crippen LogP contribution in [0.3, 0.4) is 0 Å². The Morgan fingerprint density at radius 2 is 1.89 bits per heavy atom. The summed E-state index contributed by atoms with van der Waals surface area (Å²) in [6, 6.07) is 13.5. The summed E-state index contributed by atoms with van der Waals surface area (Å²) in [4.78, 5) is 13.3. The Morgan fingerprint density at radius 3 is 2.52 bits per heavy atom. The molecule has 1 saturated carbocycles. The molecule has 0 atom stereocenters. The second-order valence-electron chi connectivity index (χ2n) is 7.91. The van der Waals surface area contributed by atoms with Crippen LogP contribution in [-0.2, 0) is 10.2 Å². The summed E-state index contributed by atoms with van der Waals surface area (Å²) in [5.41, 5.74) is 2.22. The van der Waals surface area contributed by atoms with Gasteiger partial charge in [0.1, 0.15) is 5.75 Å². The standard InChI is InChI=1S/C23H28ClNO2/c1-16(2)15-27-21-11-10-18(14-17(21)3)25-22(26)23(12-6-7-13-23)19-8-4-5-9-20(19)24/h4-5,8-11,14,16H,6-7,12-13,15H2,1-3H3,(H,25,26). The number of halogens is 1. The molecule has 0 bridgehead atoms. The van der Waals surface area contributed by atoms with Crippen LogP contribution < -0.4 is 10.1 Å². The summed E-state index contributed by atoms with van der Waals surface area (Å²) in [5.74, 6) is 1.37. The molecule has 1 fully saturated rings. The molecule has 27 heavy (non-hydrogen) atoms. The van der Waals surface area contributed by atoms with E-state index in [-0.39, 0.29) is 5.91 Å². The summed E-state index contributed by atoms with van der Waals surface area (Å²) in [6.07, 6.45) is 3.74. The topological polar surface area (TPSA) is 38.3 Å². The van der Waals surface area contributed by atoms with Gasteiger partial charge in [-0.3, -0.25) is 4.79 Å². The highest BCUT2D eigenvalue weighted by Gasteiger charge is 2.43. The molecule has 1 aliphatic rings. The molecule has 0 aromatic heterocycles. The molecule has 3 rings (SSSR count). The fourth-order valence-electron chi connectivity index (χ4n) is 3.84. The first-order valence-electron chi connectivity index (χ1n) is 9.72. The Hall–Kier alpha value is -2.00. The highest BCUT2D eigenvalue weighted by Crippen LogP contribution is 2.44. The van der Waals surface area contributed by atoms with E-state index in [0.717, 1.165) is 48.2 Å². The van der Waals surface area contributed by atoms with Crippen molar-refractivity contribution >= 4 is 23.2 Å². The molecule has 2 aromatic rings. The smallest absolute Gasteiger partial charge is 0.235 e. The van der Waals surface area contributed by atoms with Crippen LogP contribution in [0.25, 0.3) is 0 Å². The quantitative estimate of drug-likeness (QED) is 0.649. The minimum atomic E-state index is -0.543. The van der Waals surface area contributed by atoms with E-state index in [0.29, 0.717) is 17.5 Å². The van der Waals surface area contributed by atoms with E-state index >= 15 is 0 Å². The van der Waals surface area contributed by atoms with E-state index < -0.39 is 5.41 Å². The van der Waals surface area contributed by atoms with Crippen molar-refractivity contribution in [2.75, 3.05) is 11.9 Å². The predicted octanol–water partition coefficient (Wildman–Crippen LogP) is 6.13. The number of hydrogen-bond donors (Lipinski definition) is 1. The third-order valence-corrected chi connectivity index (χ3v) is 5.62. The lowest BCUT2D eigenvalue weighted by Crippen LogP contribution is -2.38. The van der Waals surface area contributed by atoms with Crippen molar-refractivity contribution in [2.45, 2.75) is 51.9 Å². The zero-order valence-corrected chi connectivity index (χ0v) is 17.1. The van der Waals surface area contributed by atoms with Crippen LogP contribution in [0.2, 0.25) is 5.02 Å². The minimum absolute atomic E-state index is 0.0309. The fourth-order valence-corrected chi connectivity index (χ4v) is 4.16. The average Bonchev–Trinajstić information content (AvgIpc) is 3.12. The van der Waals surface area contributed by atoms with E-state index in [1.807, 2.05) is 49.4 Å². The zero-order valence-electron chi connectivity index (χ0n) is 16.3. The fraction of sp³-hybridized carbons (Fsp3) is 0.435. The van der Waals surface area contributed by atoms with Crippen LogP contribution >= 0.6 is 11.6 Å². The molecule has 144 valence electrons. The zero-order chi connectivity index (χ0) is 19.4. The molecule has 0 aliphatic heterocycles. The molecule has 4 heteroatoms. The molecule has 2 aromatic carbocycles. The highest BCUT2D eigenvalue weighted by atomic mass is 35.5. The first-order chi connectivity index (χ1) is 12.9. The van der Waals surface area contributed by atoms with Gasteiger partial charge in [-0.05, 0) is 61.1 Å². The number of carbonyl (C=O) groups is 1. The first-order valence-corrected chi connectivity index (χ1v) is 10.1. The molecule has 1 N–H and O–H groups in total. The van der Waals surface area contributed by atoms with Gasteiger partial charge in [0.15, 0.2) is 0 Å². The summed E-state index contributed by atoms with van der Waals surface area (Å²) < 4.78 is 5.83. The number of nitrogens with one attached hydrogen (secondary N) is 1. The second-order valence-corrected chi connectivity index (χ2v) is 8.32. The summed E-state index contributed by atoms with van der Waals surface area (Å²) in [7, 11) is 0. The van der Waals surface area contributed by atoms with Gasteiger partial charge in [-0.25, -0.2) is 0 Å². The maximum atomic E-state index is 13.3. The van der Waals surface area contributed by atoms with E-state index in [1.165, 1.54) is 0 Å². The van der Waals surface area contributed by atoms with Crippen LogP contribution in [0.1, 0.15) is 50.7 Å². The van der Waals surface area contributed by atoms with Crippen LogP contribution in [0.5, 0.6) is 5.75 Å². The summed E-state index contributed by atoms with van der Waals surface area (Å²) in [6.45, 7) is 6.94. The number of carbonyl (C=O) groups excluding carboxylic acids is 1. The number of ether oxygens (including phenoxy) is 1. The predicted molar refractivity (Wildman–Crippen MR) is 112 cm³/mol. The van der Waals surface area contributed by atoms with Gasteiger partial charge in [-0.1, -0.05) is 56.5 Å². The second kappa shape index (κ2) is 8.35. The lowest BCUT2D eigenvalue weighted by molar-refractivity contribution is -0.121. The van der Waals surface area contributed by atoms with Crippen LogP contribution in [0, 0.1) is 12.8 Å². The minimum Gasteiger partial charge on any atom is -0.493 e. The number of amides is 1. The molecule has 0 radical (unpaired) electrons. The largest absolute Gasteiger partial charge is 0.493 e. The van der Waals surface area contributed by atoms with Gasteiger partial charge < -0.3 is 10.1 Å². The van der Waals surface area contributed by atoms with Crippen molar-refractivity contribution < 1.29 is 9.53 Å². The first kappa shape index (κ1) is 19.8. The number of aryl methyl sites for hydroxylation is 1. The Balaban J connectivity index is 1.81. The molecule has 0 heterocycles.